The number of rotatable bonds is 0. The normalized spacial score (nSPS) is 52.6. The van der Waals surface area contributed by atoms with Gasteiger partial charge in [0, 0.05) is 11.8 Å². The van der Waals surface area contributed by atoms with Crippen LogP contribution >= 0.6 is 0 Å². The number of fused-ring (bicyclic) bond motifs is 5. The molecule has 3 saturated carbocycles. The molecule has 0 bridgehead atoms. The summed E-state index contributed by atoms with van der Waals surface area (Å²) in [4.78, 5) is 12.0. The predicted molar refractivity (Wildman–Crippen MR) is 79.7 cm³/mol. The SMILES string of the molecule is CC12CC(=O)C(O)=C1CCC1C2CCC2(C)C(O)CCC12. The average Bonchev–Trinajstić information content (AvgIpc) is 2.86. The molecular weight excluding hydrogens is 264 g/mol. The highest BCUT2D eigenvalue weighted by Gasteiger charge is 2.60. The number of aliphatic hydroxyl groups excluding tert-OH is 2. The molecule has 3 fully saturated rings. The van der Waals surface area contributed by atoms with Crippen LogP contribution in [0.5, 0.6) is 0 Å². The summed E-state index contributed by atoms with van der Waals surface area (Å²) in [5.41, 5.74) is 1.01. The van der Waals surface area contributed by atoms with E-state index in [0.717, 1.165) is 44.1 Å². The number of ketones is 1. The second-order valence-electron chi connectivity index (χ2n) is 8.40. The summed E-state index contributed by atoms with van der Waals surface area (Å²) < 4.78 is 0. The van der Waals surface area contributed by atoms with Crippen molar-refractivity contribution in [3.05, 3.63) is 11.3 Å². The minimum Gasteiger partial charge on any atom is -0.504 e. The van der Waals surface area contributed by atoms with Gasteiger partial charge >= 0.3 is 0 Å². The standard InChI is InChI=1S/C18H26O3/c1-17-8-7-12-10(11(17)5-6-15(17)20)3-4-13-16(21)14(19)9-18(12,13)2/h10-12,15,20-21H,3-9H2,1-2H3. The van der Waals surface area contributed by atoms with Crippen molar-refractivity contribution in [3.8, 4) is 0 Å². The maximum atomic E-state index is 12.0. The molecule has 4 aliphatic rings. The van der Waals surface area contributed by atoms with E-state index < -0.39 is 0 Å². The maximum absolute atomic E-state index is 12.0. The summed E-state index contributed by atoms with van der Waals surface area (Å²) in [6.45, 7) is 4.48. The Labute approximate surface area is 126 Å². The number of aliphatic hydroxyl groups is 2. The lowest BCUT2D eigenvalue weighted by molar-refractivity contribution is -0.120. The fraction of sp³-hybridized carbons (Fsp3) is 0.833. The first kappa shape index (κ1) is 13.8. The highest BCUT2D eigenvalue weighted by atomic mass is 16.3. The molecule has 2 N–H and O–H groups in total. The highest BCUT2D eigenvalue weighted by molar-refractivity contribution is 5.97. The van der Waals surface area contributed by atoms with Gasteiger partial charge in [0.1, 0.15) is 0 Å². The van der Waals surface area contributed by atoms with Gasteiger partial charge in [-0.25, -0.2) is 0 Å². The van der Waals surface area contributed by atoms with E-state index in [1.807, 2.05) is 0 Å². The number of carbonyl (C=O) groups is 1. The third-order valence-corrected chi connectivity index (χ3v) is 7.70. The van der Waals surface area contributed by atoms with Crippen molar-refractivity contribution in [1.82, 2.24) is 0 Å². The first-order valence-electron chi connectivity index (χ1n) is 8.52. The molecule has 0 amide bonds. The van der Waals surface area contributed by atoms with Gasteiger partial charge in [-0.3, -0.25) is 4.79 Å². The minimum atomic E-state index is -0.146. The van der Waals surface area contributed by atoms with E-state index in [0.29, 0.717) is 24.2 Å². The fourth-order valence-electron chi connectivity index (χ4n) is 6.49. The molecule has 0 saturated heterocycles. The van der Waals surface area contributed by atoms with Crippen LogP contribution in [-0.4, -0.2) is 22.1 Å². The van der Waals surface area contributed by atoms with Gasteiger partial charge in [-0.15, -0.1) is 0 Å². The van der Waals surface area contributed by atoms with Crippen LogP contribution in [-0.2, 0) is 4.79 Å². The van der Waals surface area contributed by atoms with Crippen molar-refractivity contribution >= 4 is 5.78 Å². The van der Waals surface area contributed by atoms with E-state index in [-0.39, 0.29) is 28.5 Å². The second-order valence-corrected chi connectivity index (χ2v) is 8.40. The molecule has 0 heterocycles. The van der Waals surface area contributed by atoms with Gasteiger partial charge in [0.25, 0.3) is 0 Å². The Morgan fingerprint density at radius 2 is 1.86 bits per heavy atom. The second kappa shape index (κ2) is 4.13. The summed E-state index contributed by atoms with van der Waals surface area (Å²) in [5, 5.41) is 20.5. The first-order valence-corrected chi connectivity index (χ1v) is 8.52. The van der Waals surface area contributed by atoms with Gasteiger partial charge in [-0.1, -0.05) is 13.8 Å². The van der Waals surface area contributed by atoms with Gasteiger partial charge in [0.05, 0.1) is 6.10 Å². The van der Waals surface area contributed by atoms with Crippen LogP contribution in [0.15, 0.2) is 11.3 Å². The van der Waals surface area contributed by atoms with E-state index in [1.54, 1.807) is 0 Å². The highest BCUT2D eigenvalue weighted by Crippen LogP contribution is 2.65. The summed E-state index contributed by atoms with van der Waals surface area (Å²) in [6, 6.07) is 0. The first-order chi connectivity index (χ1) is 9.88. The Bertz CT molecular complexity index is 537. The topological polar surface area (TPSA) is 57.5 Å². The van der Waals surface area contributed by atoms with Gasteiger partial charge < -0.3 is 10.2 Å². The van der Waals surface area contributed by atoms with Crippen LogP contribution in [0.1, 0.15) is 58.8 Å². The van der Waals surface area contributed by atoms with Gasteiger partial charge in [0.15, 0.2) is 11.5 Å². The number of hydrogen-bond donors (Lipinski definition) is 2. The van der Waals surface area contributed by atoms with Crippen molar-refractivity contribution in [2.24, 2.45) is 28.6 Å². The quantitative estimate of drug-likeness (QED) is 0.719. The van der Waals surface area contributed by atoms with E-state index in [1.165, 1.54) is 0 Å². The molecule has 0 radical (unpaired) electrons. The average molecular weight is 290 g/mol. The summed E-state index contributed by atoms with van der Waals surface area (Å²) in [5.74, 6) is 1.76. The molecule has 0 spiro atoms. The molecular formula is C18H26O3. The third-order valence-electron chi connectivity index (χ3n) is 7.70. The lowest BCUT2D eigenvalue weighted by atomic mass is 9.49. The Balaban J connectivity index is 1.71. The van der Waals surface area contributed by atoms with Gasteiger partial charge in [-0.05, 0) is 67.3 Å². The predicted octanol–water partition coefficient (Wildman–Crippen LogP) is 3.37. The minimum absolute atomic E-state index is 0.0482. The van der Waals surface area contributed by atoms with Crippen molar-refractivity contribution in [3.63, 3.8) is 0 Å². The summed E-state index contributed by atoms with van der Waals surface area (Å²) >= 11 is 0. The van der Waals surface area contributed by atoms with Gasteiger partial charge in [0.2, 0.25) is 0 Å². The fourth-order valence-corrected chi connectivity index (χ4v) is 6.49. The lowest BCUT2D eigenvalue weighted by Crippen LogP contribution is -2.49. The Hall–Kier alpha value is -0.830. The van der Waals surface area contributed by atoms with Crippen molar-refractivity contribution in [2.75, 3.05) is 0 Å². The smallest absolute Gasteiger partial charge is 0.197 e. The zero-order valence-corrected chi connectivity index (χ0v) is 13.1. The molecule has 0 aromatic rings. The number of Topliss-reactive ketones (excluding diaryl/α,β-unsaturated/α-hetero) is 1. The summed E-state index contributed by atoms with van der Waals surface area (Å²) in [6.07, 6.45) is 6.54. The molecule has 6 unspecified atom stereocenters. The van der Waals surface area contributed by atoms with Crippen LogP contribution in [0.25, 0.3) is 0 Å². The van der Waals surface area contributed by atoms with E-state index in [9.17, 15) is 15.0 Å². The van der Waals surface area contributed by atoms with Crippen LogP contribution in [0, 0.1) is 28.6 Å². The monoisotopic (exact) mass is 290 g/mol. The van der Waals surface area contributed by atoms with Crippen LogP contribution in [0.3, 0.4) is 0 Å². The molecule has 116 valence electrons. The number of allylic oxidation sites excluding steroid dienone is 2. The van der Waals surface area contributed by atoms with E-state index >= 15 is 0 Å². The molecule has 0 aromatic heterocycles. The van der Waals surface area contributed by atoms with Crippen molar-refractivity contribution in [2.45, 2.75) is 64.9 Å². The largest absolute Gasteiger partial charge is 0.504 e. The molecule has 21 heavy (non-hydrogen) atoms. The molecule has 3 heteroatoms. The Morgan fingerprint density at radius 1 is 1.10 bits per heavy atom. The van der Waals surface area contributed by atoms with E-state index in [4.69, 9.17) is 0 Å². The molecule has 4 rings (SSSR count). The van der Waals surface area contributed by atoms with Crippen molar-refractivity contribution in [1.29, 1.82) is 0 Å². The number of hydrogen-bond acceptors (Lipinski definition) is 3. The van der Waals surface area contributed by atoms with E-state index in [2.05, 4.69) is 13.8 Å². The molecule has 4 aliphatic carbocycles. The van der Waals surface area contributed by atoms with Crippen LogP contribution < -0.4 is 0 Å². The van der Waals surface area contributed by atoms with Crippen LogP contribution in [0.2, 0.25) is 0 Å². The van der Waals surface area contributed by atoms with Gasteiger partial charge in [-0.2, -0.15) is 0 Å². The maximum Gasteiger partial charge on any atom is 0.197 e. The molecule has 6 atom stereocenters. The van der Waals surface area contributed by atoms with Crippen LogP contribution in [0.4, 0.5) is 0 Å². The Kier molecular flexibility index (Phi) is 2.71. The molecule has 3 nitrogen and oxygen atoms in total. The lowest BCUT2D eigenvalue weighted by Gasteiger charge is -2.55. The third kappa shape index (κ3) is 1.56. The molecule has 0 aliphatic heterocycles. The zero-order valence-electron chi connectivity index (χ0n) is 13.1. The number of carbonyl (C=O) groups excluding carboxylic acids is 1. The van der Waals surface area contributed by atoms with Crippen molar-refractivity contribution < 1.29 is 15.0 Å². The zero-order chi connectivity index (χ0) is 15.0. The molecule has 0 aromatic carbocycles. The summed E-state index contributed by atoms with van der Waals surface area (Å²) in [7, 11) is 0. The Morgan fingerprint density at radius 3 is 2.62 bits per heavy atom.